The molecule has 0 unspecified atom stereocenters. The third-order valence-electron chi connectivity index (χ3n) is 6.53. The van der Waals surface area contributed by atoms with Crippen molar-refractivity contribution in [3.63, 3.8) is 0 Å². The van der Waals surface area contributed by atoms with E-state index in [9.17, 15) is 9.90 Å². The van der Waals surface area contributed by atoms with Crippen molar-refractivity contribution in [1.82, 2.24) is 0 Å². The van der Waals surface area contributed by atoms with E-state index in [2.05, 4.69) is 119 Å². The molecule has 0 amide bonds. The van der Waals surface area contributed by atoms with Crippen molar-refractivity contribution in [2.45, 2.75) is 52.4 Å². The van der Waals surface area contributed by atoms with E-state index in [1.165, 1.54) is 11.1 Å². The summed E-state index contributed by atoms with van der Waals surface area (Å²) in [4.78, 5) is 13.5. The van der Waals surface area contributed by atoms with Gasteiger partial charge in [0.05, 0.1) is 5.56 Å². The Hall–Kier alpha value is -3.85. The van der Waals surface area contributed by atoms with Gasteiger partial charge < -0.3 is 10.0 Å². The second-order valence-corrected chi connectivity index (χ2v) is 11.4. The molecule has 0 fully saturated rings. The van der Waals surface area contributed by atoms with Crippen molar-refractivity contribution in [3.05, 3.63) is 114 Å². The first-order valence-corrected chi connectivity index (χ1v) is 12.4. The van der Waals surface area contributed by atoms with Crippen LogP contribution in [0.3, 0.4) is 0 Å². The summed E-state index contributed by atoms with van der Waals surface area (Å²) < 4.78 is 0. The van der Waals surface area contributed by atoms with Crippen LogP contribution in [0.5, 0.6) is 0 Å². The zero-order chi connectivity index (χ0) is 26.1. The summed E-state index contributed by atoms with van der Waals surface area (Å²) in [6.45, 7) is 13.4. The molecule has 4 rings (SSSR count). The fourth-order valence-corrected chi connectivity index (χ4v) is 4.28. The Bertz CT molecular complexity index is 1300. The fourth-order valence-electron chi connectivity index (χ4n) is 4.28. The van der Waals surface area contributed by atoms with Crippen LogP contribution < -0.4 is 4.90 Å². The highest BCUT2D eigenvalue weighted by Gasteiger charge is 2.20. The highest BCUT2D eigenvalue weighted by atomic mass is 16.4. The maximum Gasteiger partial charge on any atom is 0.335 e. The summed E-state index contributed by atoms with van der Waals surface area (Å²) in [6.07, 6.45) is 0. The number of carboxylic acid groups (broad SMARTS) is 1. The van der Waals surface area contributed by atoms with Gasteiger partial charge in [0.25, 0.3) is 0 Å². The number of nitrogens with zero attached hydrogens (tertiary/aromatic N) is 1. The molecule has 0 aliphatic carbocycles. The third kappa shape index (κ3) is 5.52. The molecule has 4 aromatic rings. The third-order valence-corrected chi connectivity index (χ3v) is 6.53. The van der Waals surface area contributed by atoms with Gasteiger partial charge in [0.1, 0.15) is 0 Å². The summed E-state index contributed by atoms with van der Waals surface area (Å²) in [6, 6.07) is 33.0. The van der Waals surface area contributed by atoms with E-state index in [1.807, 2.05) is 12.1 Å². The van der Waals surface area contributed by atoms with Crippen LogP contribution in [0.25, 0.3) is 11.1 Å². The molecule has 0 aliphatic heterocycles. The molecule has 0 heterocycles. The number of carboxylic acids is 1. The van der Waals surface area contributed by atoms with E-state index < -0.39 is 5.97 Å². The molecule has 4 aromatic carbocycles. The quantitative estimate of drug-likeness (QED) is 0.311. The van der Waals surface area contributed by atoms with Gasteiger partial charge in [-0.25, -0.2) is 4.79 Å². The largest absolute Gasteiger partial charge is 0.478 e. The molecule has 0 atom stereocenters. The Kier molecular flexibility index (Phi) is 6.77. The molecular formula is C33H35NO2. The Morgan fingerprint density at radius 2 is 1.00 bits per heavy atom. The van der Waals surface area contributed by atoms with Crippen molar-refractivity contribution in [2.24, 2.45) is 0 Å². The first kappa shape index (κ1) is 25.2. The normalized spacial score (nSPS) is 11.8. The standard InChI is InChI=1S/C33H35NO2/c1-32(2,3)26-9-7-11-29(21-26)34(30-12-8-10-27(22-30)33(4,5)6)28-19-17-24(18-20-28)23-13-15-25(16-14-23)31(35)36/h7-22H,1-6H3,(H,35,36). The van der Waals surface area contributed by atoms with Crippen LogP contribution in [0, 0.1) is 0 Å². The average molecular weight is 478 g/mol. The van der Waals surface area contributed by atoms with Gasteiger partial charge in [-0.2, -0.15) is 0 Å². The molecular weight excluding hydrogens is 442 g/mol. The maximum absolute atomic E-state index is 11.2. The second kappa shape index (κ2) is 9.66. The molecule has 1 N–H and O–H groups in total. The van der Waals surface area contributed by atoms with Crippen LogP contribution in [0.4, 0.5) is 17.1 Å². The van der Waals surface area contributed by atoms with Crippen LogP contribution in [0.15, 0.2) is 97.1 Å². The van der Waals surface area contributed by atoms with Gasteiger partial charge in [-0.05, 0) is 81.6 Å². The molecule has 3 heteroatoms. The summed E-state index contributed by atoms with van der Waals surface area (Å²) in [5.41, 5.74) is 8.28. The lowest BCUT2D eigenvalue weighted by Gasteiger charge is -2.29. The highest BCUT2D eigenvalue weighted by Crippen LogP contribution is 2.39. The number of carbonyl (C=O) groups is 1. The minimum absolute atomic E-state index is 0.0426. The average Bonchev–Trinajstić information content (AvgIpc) is 2.84. The van der Waals surface area contributed by atoms with E-state index in [-0.39, 0.29) is 10.8 Å². The number of hydrogen-bond acceptors (Lipinski definition) is 2. The van der Waals surface area contributed by atoms with E-state index in [4.69, 9.17) is 0 Å². The molecule has 184 valence electrons. The van der Waals surface area contributed by atoms with Crippen LogP contribution in [0.2, 0.25) is 0 Å². The van der Waals surface area contributed by atoms with Crippen molar-refractivity contribution >= 4 is 23.0 Å². The number of rotatable bonds is 5. The monoisotopic (exact) mass is 477 g/mol. The van der Waals surface area contributed by atoms with Crippen LogP contribution in [-0.4, -0.2) is 11.1 Å². The molecule has 0 bridgehead atoms. The Balaban J connectivity index is 1.80. The molecule has 0 spiro atoms. The van der Waals surface area contributed by atoms with Gasteiger partial charge in [0.15, 0.2) is 0 Å². The Morgan fingerprint density at radius 1 is 0.583 bits per heavy atom. The van der Waals surface area contributed by atoms with Gasteiger partial charge in [-0.3, -0.25) is 0 Å². The Morgan fingerprint density at radius 3 is 1.39 bits per heavy atom. The van der Waals surface area contributed by atoms with Crippen molar-refractivity contribution in [2.75, 3.05) is 4.90 Å². The molecule has 0 aromatic heterocycles. The lowest BCUT2D eigenvalue weighted by atomic mass is 9.86. The summed E-state index contributed by atoms with van der Waals surface area (Å²) >= 11 is 0. The predicted octanol–water partition coefficient (Wildman–Crippen LogP) is 9.12. The van der Waals surface area contributed by atoms with E-state index >= 15 is 0 Å². The zero-order valence-corrected chi connectivity index (χ0v) is 22.0. The summed E-state index contributed by atoms with van der Waals surface area (Å²) in [5, 5.41) is 9.19. The van der Waals surface area contributed by atoms with E-state index in [0.717, 1.165) is 28.2 Å². The summed E-state index contributed by atoms with van der Waals surface area (Å²) in [5.74, 6) is -0.914. The van der Waals surface area contributed by atoms with Gasteiger partial charge >= 0.3 is 5.97 Å². The molecule has 0 saturated carbocycles. The number of benzene rings is 4. The minimum atomic E-state index is -0.914. The molecule has 0 aliphatic rings. The number of aromatic carboxylic acids is 1. The zero-order valence-electron chi connectivity index (χ0n) is 22.0. The topological polar surface area (TPSA) is 40.5 Å². The van der Waals surface area contributed by atoms with Crippen molar-refractivity contribution in [1.29, 1.82) is 0 Å². The van der Waals surface area contributed by atoms with Crippen molar-refractivity contribution < 1.29 is 9.90 Å². The van der Waals surface area contributed by atoms with Gasteiger partial charge in [0, 0.05) is 17.1 Å². The molecule has 3 nitrogen and oxygen atoms in total. The van der Waals surface area contributed by atoms with Crippen LogP contribution >= 0.6 is 0 Å². The highest BCUT2D eigenvalue weighted by molar-refractivity contribution is 5.88. The van der Waals surface area contributed by atoms with Gasteiger partial charge in [0.2, 0.25) is 0 Å². The second-order valence-electron chi connectivity index (χ2n) is 11.4. The maximum atomic E-state index is 11.2. The van der Waals surface area contributed by atoms with Gasteiger partial charge in [-0.1, -0.05) is 90.1 Å². The number of anilines is 3. The van der Waals surface area contributed by atoms with Crippen LogP contribution in [0.1, 0.15) is 63.0 Å². The first-order valence-electron chi connectivity index (χ1n) is 12.4. The number of hydrogen-bond donors (Lipinski definition) is 1. The first-order chi connectivity index (χ1) is 16.9. The fraction of sp³-hybridized carbons (Fsp3) is 0.242. The minimum Gasteiger partial charge on any atom is -0.478 e. The van der Waals surface area contributed by atoms with E-state index in [0.29, 0.717) is 5.56 Å². The summed E-state index contributed by atoms with van der Waals surface area (Å²) in [7, 11) is 0. The van der Waals surface area contributed by atoms with Crippen molar-refractivity contribution in [3.8, 4) is 11.1 Å². The molecule has 36 heavy (non-hydrogen) atoms. The van der Waals surface area contributed by atoms with Crippen LogP contribution in [-0.2, 0) is 10.8 Å². The Labute approximate surface area is 215 Å². The SMILES string of the molecule is CC(C)(C)c1cccc(N(c2ccc(-c3ccc(C(=O)O)cc3)cc2)c2cccc(C(C)(C)C)c2)c1. The predicted molar refractivity (Wildman–Crippen MR) is 151 cm³/mol. The van der Waals surface area contributed by atoms with Gasteiger partial charge in [-0.15, -0.1) is 0 Å². The smallest absolute Gasteiger partial charge is 0.335 e. The van der Waals surface area contributed by atoms with E-state index in [1.54, 1.807) is 12.1 Å². The lowest BCUT2D eigenvalue weighted by Crippen LogP contribution is -2.16. The lowest BCUT2D eigenvalue weighted by molar-refractivity contribution is 0.0697. The molecule has 0 radical (unpaired) electrons. The molecule has 0 saturated heterocycles.